The summed E-state index contributed by atoms with van der Waals surface area (Å²) in [4.78, 5) is 35.1. The summed E-state index contributed by atoms with van der Waals surface area (Å²) >= 11 is 1.44. The van der Waals surface area contributed by atoms with Gasteiger partial charge >= 0.3 is 12.1 Å². The molecule has 7 nitrogen and oxygen atoms in total. The molecule has 2 rings (SSSR count). The lowest BCUT2D eigenvalue weighted by molar-refractivity contribution is 0.0202. The number of carbonyl (C=O) groups is 2. The summed E-state index contributed by atoms with van der Waals surface area (Å²) in [5.74, 6) is -0.338. The minimum absolute atomic E-state index is 0.0791. The van der Waals surface area contributed by atoms with E-state index in [-0.39, 0.29) is 12.0 Å². The molecule has 0 N–H and O–H groups in total. The molecular formula is C18H27N3O4S. The van der Waals surface area contributed by atoms with Crippen LogP contribution in [-0.4, -0.2) is 59.0 Å². The monoisotopic (exact) mass is 381 g/mol. The van der Waals surface area contributed by atoms with Crippen LogP contribution in [0.1, 0.15) is 61.3 Å². The Balaban J connectivity index is 2.19. The van der Waals surface area contributed by atoms with Gasteiger partial charge in [0.05, 0.1) is 18.5 Å². The van der Waals surface area contributed by atoms with E-state index in [0.29, 0.717) is 42.3 Å². The molecule has 0 atom stereocenters. The van der Waals surface area contributed by atoms with Crippen LogP contribution in [0.4, 0.5) is 4.79 Å². The van der Waals surface area contributed by atoms with Crippen molar-refractivity contribution in [1.82, 2.24) is 14.9 Å². The molecule has 0 bridgehead atoms. The second kappa shape index (κ2) is 8.24. The second-order valence-corrected chi connectivity index (χ2v) is 8.06. The van der Waals surface area contributed by atoms with E-state index in [4.69, 9.17) is 9.47 Å². The van der Waals surface area contributed by atoms with Crippen LogP contribution in [0, 0.1) is 6.92 Å². The normalized spacial score (nSPS) is 15.7. The Hall–Kier alpha value is -1.83. The van der Waals surface area contributed by atoms with Gasteiger partial charge in [0.2, 0.25) is 0 Å². The number of hydrogen-bond acceptors (Lipinski definition) is 7. The van der Waals surface area contributed by atoms with Crippen molar-refractivity contribution in [2.45, 2.75) is 57.2 Å². The molecule has 26 heavy (non-hydrogen) atoms. The molecule has 144 valence electrons. The number of amides is 1. The number of aromatic nitrogens is 2. The van der Waals surface area contributed by atoms with Gasteiger partial charge in [-0.15, -0.1) is 0 Å². The van der Waals surface area contributed by atoms with Gasteiger partial charge in [-0.25, -0.2) is 19.6 Å². The number of thioether (sulfide) groups is 1. The second-order valence-electron chi connectivity index (χ2n) is 7.29. The van der Waals surface area contributed by atoms with Crippen LogP contribution in [0.5, 0.6) is 0 Å². The maximum Gasteiger partial charge on any atom is 0.410 e. The average Bonchev–Trinajstić information content (AvgIpc) is 2.59. The van der Waals surface area contributed by atoms with Gasteiger partial charge in [0, 0.05) is 19.0 Å². The summed E-state index contributed by atoms with van der Waals surface area (Å²) < 4.78 is 10.4. The van der Waals surface area contributed by atoms with E-state index in [1.165, 1.54) is 18.9 Å². The van der Waals surface area contributed by atoms with E-state index in [9.17, 15) is 9.59 Å². The van der Waals surface area contributed by atoms with Gasteiger partial charge in [-0.3, -0.25) is 0 Å². The molecule has 1 aromatic rings. The lowest BCUT2D eigenvalue weighted by atomic mass is 9.90. The first-order valence-electron chi connectivity index (χ1n) is 8.65. The van der Waals surface area contributed by atoms with Crippen LogP contribution in [0.15, 0.2) is 5.16 Å². The molecule has 0 aliphatic carbocycles. The number of methoxy groups -OCH3 is 1. The van der Waals surface area contributed by atoms with Crippen molar-refractivity contribution in [3.63, 3.8) is 0 Å². The van der Waals surface area contributed by atoms with Crippen molar-refractivity contribution in [2.24, 2.45) is 0 Å². The number of aryl methyl sites for hydroxylation is 1. The predicted octanol–water partition coefficient (Wildman–Crippen LogP) is 3.41. The lowest BCUT2D eigenvalue weighted by Crippen LogP contribution is -2.41. The quantitative estimate of drug-likeness (QED) is 0.451. The fourth-order valence-corrected chi connectivity index (χ4v) is 3.39. The summed E-state index contributed by atoms with van der Waals surface area (Å²) in [6.07, 6.45) is 3.04. The van der Waals surface area contributed by atoms with E-state index in [1.54, 1.807) is 11.8 Å². The van der Waals surface area contributed by atoms with Gasteiger partial charge < -0.3 is 14.4 Å². The molecule has 0 spiro atoms. The van der Waals surface area contributed by atoms with Crippen molar-refractivity contribution in [3.05, 3.63) is 17.0 Å². The molecule has 1 fully saturated rings. The van der Waals surface area contributed by atoms with Crippen molar-refractivity contribution < 1.29 is 19.1 Å². The van der Waals surface area contributed by atoms with Crippen molar-refractivity contribution in [1.29, 1.82) is 0 Å². The Kier molecular flexibility index (Phi) is 6.49. The van der Waals surface area contributed by atoms with Crippen LogP contribution in [0.3, 0.4) is 0 Å². The molecular weight excluding hydrogens is 354 g/mol. The first-order chi connectivity index (χ1) is 12.2. The number of carbonyl (C=O) groups excluding carboxylic acids is 2. The topological polar surface area (TPSA) is 81.6 Å². The van der Waals surface area contributed by atoms with Crippen LogP contribution < -0.4 is 0 Å². The summed E-state index contributed by atoms with van der Waals surface area (Å²) in [6.45, 7) is 8.50. The van der Waals surface area contributed by atoms with E-state index >= 15 is 0 Å². The van der Waals surface area contributed by atoms with Crippen LogP contribution >= 0.6 is 11.8 Å². The van der Waals surface area contributed by atoms with E-state index < -0.39 is 11.6 Å². The highest BCUT2D eigenvalue weighted by molar-refractivity contribution is 7.98. The molecule has 0 unspecified atom stereocenters. The van der Waals surface area contributed by atoms with Crippen molar-refractivity contribution in [3.8, 4) is 0 Å². The van der Waals surface area contributed by atoms with Crippen molar-refractivity contribution >= 4 is 23.8 Å². The fourth-order valence-electron chi connectivity index (χ4n) is 2.97. The number of piperidine rings is 1. The third-order valence-corrected chi connectivity index (χ3v) is 4.75. The Labute approximate surface area is 158 Å². The van der Waals surface area contributed by atoms with Crippen molar-refractivity contribution in [2.75, 3.05) is 26.5 Å². The van der Waals surface area contributed by atoms with Crippen LogP contribution in [-0.2, 0) is 9.47 Å². The molecule has 2 heterocycles. The summed E-state index contributed by atoms with van der Waals surface area (Å²) in [7, 11) is 1.36. The highest BCUT2D eigenvalue weighted by atomic mass is 32.2. The summed E-state index contributed by atoms with van der Waals surface area (Å²) in [5.41, 5.74) is 1.28. The zero-order valence-electron chi connectivity index (χ0n) is 16.3. The molecule has 0 radical (unpaired) electrons. The minimum atomic E-state index is -0.511. The maximum absolute atomic E-state index is 12.2. The Morgan fingerprint density at radius 3 is 2.31 bits per heavy atom. The number of ether oxygens (including phenoxy) is 2. The standard InChI is InChI=1S/C18H27N3O4S/c1-11-13(15(22)24-5)14(20-16(19-11)26-6)12-7-9-21(10-8-12)17(23)25-18(2,3)4/h12H,7-10H2,1-6H3. The molecule has 0 saturated carbocycles. The Morgan fingerprint density at radius 1 is 1.19 bits per heavy atom. The Morgan fingerprint density at radius 2 is 1.81 bits per heavy atom. The zero-order chi connectivity index (χ0) is 19.5. The number of likely N-dealkylation sites (tertiary alicyclic amines) is 1. The summed E-state index contributed by atoms with van der Waals surface area (Å²) in [6, 6.07) is 0. The van der Waals surface area contributed by atoms with E-state index in [2.05, 4.69) is 9.97 Å². The lowest BCUT2D eigenvalue weighted by Gasteiger charge is -2.33. The highest BCUT2D eigenvalue weighted by Crippen LogP contribution is 2.32. The molecule has 1 amide bonds. The van der Waals surface area contributed by atoms with Gasteiger partial charge in [-0.1, -0.05) is 11.8 Å². The van der Waals surface area contributed by atoms with Crippen LogP contribution in [0.25, 0.3) is 0 Å². The SMILES string of the molecule is COC(=O)c1c(C)nc(SC)nc1C1CCN(C(=O)OC(C)(C)C)CC1. The number of nitrogens with zero attached hydrogens (tertiary/aromatic N) is 3. The Bertz CT molecular complexity index is 680. The van der Waals surface area contributed by atoms with Gasteiger partial charge in [0.1, 0.15) is 11.2 Å². The molecule has 1 aliphatic heterocycles. The van der Waals surface area contributed by atoms with E-state index in [0.717, 1.165) is 5.69 Å². The van der Waals surface area contributed by atoms with Gasteiger partial charge in [-0.2, -0.15) is 0 Å². The molecule has 1 saturated heterocycles. The third kappa shape index (κ3) is 4.87. The number of hydrogen-bond donors (Lipinski definition) is 0. The minimum Gasteiger partial charge on any atom is -0.465 e. The van der Waals surface area contributed by atoms with Gasteiger partial charge in [0.25, 0.3) is 0 Å². The van der Waals surface area contributed by atoms with Crippen LogP contribution in [0.2, 0.25) is 0 Å². The third-order valence-electron chi connectivity index (χ3n) is 4.20. The largest absolute Gasteiger partial charge is 0.465 e. The maximum atomic E-state index is 12.2. The molecule has 1 aliphatic rings. The summed E-state index contributed by atoms with van der Waals surface area (Å²) in [5, 5.41) is 0.639. The fraction of sp³-hybridized carbons (Fsp3) is 0.667. The molecule has 1 aromatic heterocycles. The molecule has 8 heteroatoms. The first-order valence-corrected chi connectivity index (χ1v) is 9.87. The first kappa shape index (κ1) is 20.5. The van der Waals surface area contributed by atoms with Gasteiger partial charge in [-0.05, 0) is 46.8 Å². The zero-order valence-corrected chi connectivity index (χ0v) is 17.1. The predicted molar refractivity (Wildman–Crippen MR) is 99.7 cm³/mol. The molecule has 0 aromatic carbocycles. The number of rotatable bonds is 3. The smallest absolute Gasteiger partial charge is 0.410 e. The van der Waals surface area contributed by atoms with Gasteiger partial charge in [0.15, 0.2) is 5.16 Å². The average molecular weight is 381 g/mol. The highest BCUT2D eigenvalue weighted by Gasteiger charge is 2.31. The number of esters is 1. The van der Waals surface area contributed by atoms with E-state index in [1.807, 2.05) is 27.0 Å².